The highest BCUT2D eigenvalue weighted by Gasteiger charge is 2.21. The third-order valence-electron chi connectivity index (χ3n) is 5.69. The molecule has 0 unspecified atom stereocenters. The number of nitrogens with one attached hydrogen (secondary N) is 1. The SMILES string of the molecule is Cn1ccc(=O)n(-c2cccc3c(C[C@H](NCc4c(F)cccc4F)C(=O)O)cccc23)c1=O. The van der Waals surface area contributed by atoms with E-state index in [1.807, 2.05) is 0 Å². The van der Waals surface area contributed by atoms with E-state index < -0.39 is 34.9 Å². The number of carboxylic acid groups (broad SMARTS) is 1. The molecule has 1 atom stereocenters. The smallest absolute Gasteiger partial charge is 0.335 e. The molecule has 34 heavy (non-hydrogen) atoms. The topological polar surface area (TPSA) is 93.3 Å². The molecule has 4 rings (SSSR count). The summed E-state index contributed by atoms with van der Waals surface area (Å²) in [5, 5.41) is 13.7. The number of aryl methyl sites for hydroxylation is 1. The zero-order valence-electron chi connectivity index (χ0n) is 18.2. The second-order valence-corrected chi connectivity index (χ2v) is 7.85. The number of aromatic nitrogens is 2. The van der Waals surface area contributed by atoms with Gasteiger partial charge in [-0.05, 0) is 35.6 Å². The normalized spacial score (nSPS) is 12.1. The molecule has 7 nitrogen and oxygen atoms in total. The summed E-state index contributed by atoms with van der Waals surface area (Å²) in [5.41, 5.74) is -0.235. The van der Waals surface area contributed by atoms with Crippen LogP contribution in [0.3, 0.4) is 0 Å². The van der Waals surface area contributed by atoms with E-state index >= 15 is 0 Å². The molecule has 1 heterocycles. The van der Waals surface area contributed by atoms with Crippen molar-refractivity contribution in [1.29, 1.82) is 0 Å². The van der Waals surface area contributed by atoms with E-state index in [0.29, 0.717) is 22.0 Å². The van der Waals surface area contributed by atoms with E-state index in [1.165, 1.54) is 29.9 Å². The van der Waals surface area contributed by atoms with Crippen LogP contribution in [0.15, 0.2) is 76.4 Å². The van der Waals surface area contributed by atoms with Gasteiger partial charge >= 0.3 is 11.7 Å². The summed E-state index contributed by atoms with van der Waals surface area (Å²) < 4.78 is 30.3. The van der Waals surface area contributed by atoms with Crippen molar-refractivity contribution in [3.05, 3.63) is 110 Å². The molecule has 0 spiro atoms. The Morgan fingerprint density at radius 3 is 2.32 bits per heavy atom. The van der Waals surface area contributed by atoms with Crippen molar-refractivity contribution in [2.24, 2.45) is 7.05 Å². The average Bonchev–Trinajstić information content (AvgIpc) is 2.80. The minimum Gasteiger partial charge on any atom is -0.480 e. The van der Waals surface area contributed by atoms with Crippen molar-refractivity contribution >= 4 is 16.7 Å². The molecule has 174 valence electrons. The number of carboxylic acids is 1. The molecular weight excluding hydrogens is 444 g/mol. The van der Waals surface area contributed by atoms with Crippen LogP contribution in [0.1, 0.15) is 11.1 Å². The largest absolute Gasteiger partial charge is 0.480 e. The van der Waals surface area contributed by atoms with Gasteiger partial charge in [0.25, 0.3) is 5.56 Å². The average molecular weight is 465 g/mol. The summed E-state index contributed by atoms with van der Waals surface area (Å²) in [6.07, 6.45) is 1.40. The fraction of sp³-hybridized carbons (Fsp3) is 0.160. The second-order valence-electron chi connectivity index (χ2n) is 7.85. The lowest BCUT2D eigenvalue weighted by Crippen LogP contribution is -2.38. The molecule has 1 aromatic heterocycles. The lowest BCUT2D eigenvalue weighted by atomic mass is 9.97. The van der Waals surface area contributed by atoms with E-state index in [-0.39, 0.29) is 18.5 Å². The van der Waals surface area contributed by atoms with E-state index in [1.54, 1.807) is 36.4 Å². The minimum absolute atomic E-state index is 0.00783. The quantitative estimate of drug-likeness (QED) is 0.438. The predicted molar refractivity (Wildman–Crippen MR) is 123 cm³/mol. The van der Waals surface area contributed by atoms with Gasteiger partial charge in [0, 0.05) is 36.8 Å². The van der Waals surface area contributed by atoms with Crippen molar-refractivity contribution < 1.29 is 18.7 Å². The minimum atomic E-state index is -1.18. The summed E-state index contributed by atoms with van der Waals surface area (Å²) in [6.45, 7) is -0.305. The van der Waals surface area contributed by atoms with Crippen LogP contribution in [-0.2, 0) is 24.8 Å². The molecule has 0 saturated carbocycles. The number of rotatable bonds is 7. The monoisotopic (exact) mass is 465 g/mol. The van der Waals surface area contributed by atoms with Gasteiger partial charge in [0.05, 0.1) is 5.69 Å². The van der Waals surface area contributed by atoms with Gasteiger partial charge in [0.15, 0.2) is 0 Å². The first-order valence-electron chi connectivity index (χ1n) is 10.5. The van der Waals surface area contributed by atoms with Crippen LogP contribution in [-0.4, -0.2) is 26.3 Å². The van der Waals surface area contributed by atoms with Gasteiger partial charge in [-0.2, -0.15) is 0 Å². The molecule has 9 heteroatoms. The molecule has 4 aromatic rings. The lowest BCUT2D eigenvalue weighted by Gasteiger charge is -2.17. The summed E-state index contributed by atoms with van der Waals surface area (Å²) >= 11 is 0. The first kappa shape index (κ1) is 23.1. The third kappa shape index (κ3) is 4.38. The fourth-order valence-electron chi connectivity index (χ4n) is 3.91. The molecule has 0 bridgehead atoms. The molecule has 2 N–H and O–H groups in total. The molecule has 0 aliphatic carbocycles. The van der Waals surface area contributed by atoms with Gasteiger partial charge in [-0.1, -0.05) is 36.4 Å². The second kappa shape index (κ2) is 9.40. The number of halogens is 2. The zero-order chi connectivity index (χ0) is 24.4. The van der Waals surface area contributed by atoms with E-state index in [4.69, 9.17) is 0 Å². The van der Waals surface area contributed by atoms with Crippen LogP contribution in [0.5, 0.6) is 0 Å². The Kier molecular flexibility index (Phi) is 6.38. The fourth-order valence-corrected chi connectivity index (χ4v) is 3.91. The number of nitrogens with zero attached hydrogens (tertiary/aromatic N) is 2. The van der Waals surface area contributed by atoms with Crippen molar-refractivity contribution in [2.75, 3.05) is 0 Å². The van der Waals surface area contributed by atoms with Gasteiger partial charge in [-0.25, -0.2) is 18.1 Å². The summed E-state index contributed by atoms with van der Waals surface area (Å²) in [6, 6.07) is 13.9. The maximum Gasteiger partial charge on any atom is 0.335 e. The molecule has 0 fully saturated rings. The van der Waals surface area contributed by atoms with Crippen LogP contribution in [0.4, 0.5) is 8.78 Å². The molecular formula is C25H21F2N3O4. The van der Waals surface area contributed by atoms with Crippen LogP contribution < -0.4 is 16.6 Å². The van der Waals surface area contributed by atoms with Crippen LogP contribution in [0, 0.1) is 11.6 Å². The molecule has 0 aliphatic heterocycles. The molecule has 0 saturated heterocycles. The highest BCUT2D eigenvalue weighted by molar-refractivity contribution is 5.93. The number of carbonyl (C=O) groups is 1. The van der Waals surface area contributed by atoms with Crippen LogP contribution in [0.25, 0.3) is 16.5 Å². The molecule has 3 aromatic carbocycles. The Bertz CT molecular complexity index is 1490. The van der Waals surface area contributed by atoms with Crippen LogP contribution in [0.2, 0.25) is 0 Å². The number of benzene rings is 3. The van der Waals surface area contributed by atoms with Gasteiger partial charge in [0.2, 0.25) is 0 Å². The van der Waals surface area contributed by atoms with E-state index in [2.05, 4.69) is 5.32 Å². The van der Waals surface area contributed by atoms with Gasteiger partial charge in [-0.3, -0.25) is 14.9 Å². The first-order chi connectivity index (χ1) is 16.3. The van der Waals surface area contributed by atoms with E-state index in [0.717, 1.165) is 16.7 Å². The Hall–Kier alpha value is -4.11. The number of fused-ring (bicyclic) bond motifs is 1. The highest BCUT2D eigenvalue weighted by atomic mass is 19.1. The standard InChI is InChI=1S/C25H21F2N3O4/c1-29-12-11-23(31)30(25(29)34)22-10-3-6-16-15(5-2-7-17(16)22)13-21(24(32)33)28-14-18-19(26)8-4-9-20(18)27/h2-12,21,28H,13-14H2,1H3,(H,32,33)/t21-/m0/s1. The van der Waals surface area contributed by atoms with Crippen LogP contribution >= 0.6 is 0 Å². The first-order valence-corrected chi connectivity index (χ1v) is 10.5. The Balaban J connectivity index is 1.72. The Morgan fingerprint density at radius 2 is 1.62 bits per heavy atom. The number of hydrogen-bond acceptors (Lipinski definition) is 4. The number of aliphatic carboxylic acids is 1. The highest BCUT2D eigenvalue weighted by Crippen LogP contribution is 2.25. The summed E-state index contributed by atoms with van der Waals surface area (Å²) in [5.74, 6) is -2.71. The van der Waals surface area contributed by atoms with Crippen molar-refractivity contribution in [2.45, 2.75) is 19.0 Å². The van der Waals surface area contributed by atoms with Gasteiger partial charge in [0.1, 0.15) is 17.7 Å². The maximum absolute atomic E-state index is 14.0. The van der Waals surface area contributed by atoms with Crippen molar-refractivity contribution in [1.82, 2.24) is 14.5 Å². The predicted octanol–water partition coefficient (Wildman–Crippen LogP) is 2.75. The molecule has 0 amide bonds. The van der Waals surface area contributed by atoms with E-state index in [9.17, 15) is 28.3 Å². The summed E-state index contributed by atoms with van der Waals surface area (Å²) in [7, 11) is 1.54. The van der Waals surface area contributed by atoms with Crippen molar-refractivity contribution in [3.63, 3.8) is 0 Å². The number of hydrogen-bond donors (Lipinski definition) is 2. The third-order valence-corrected chi connectivity index (χ3v) is 5.69. The van der Waals surface area contributed by atoms with Gasteiger partial charge < -0.3 is 9.67 Å². The Labute approximate surface area is 192 Å². The summed E-state index contributed by atoms with van der Waals surface area (Å²) in [4.78, 5) is 37.0. The van der Waals surface area contributed by atoms with Gasteiger partial charge in [-0.15, -0.1) is 0 Å². The zero-order valence-corrected chi connectivity index (χ0v) is 18.2. The lowest BCUT2D eigenvalue weighted by molar-refractivity contribution is -0.139. The Morgan fingerprint density at radius 1 is 0.971 bits per heavy atom. The molecule has 0 radical (unpaired) electrons. The maximum atomic E-state index is 14.0. The van der Waals surface area contributed by atoms with Crippen molar-refractivity contribution in [3.8, 4) is 5.69 Å². The molecule has 0 aliphatic rings.